The molecule has 4 rings (SSSR count). The minimum Gasteiger partial charge on any atom is -0.339 e. The normalized spacial score (nSPS) is 21.0. The van der Waals surface area contributed by atoms with Gasteiger partial charge < -0.3 is 10.7 Å². The number of pyridine rings is 1. The smallest absolute Gasteiger partial charge is 0.140 e. The Labute approximate surface area is 166 Å². The molecule has 0 bridgehead atoms. The second kappa shape index (κ2) is 7.88. The Bertz CT molecular complexity index is 980. The molecular formula is C24H29N3O. The SMILES string of the molecule is Cc1cccc(-c2cc3c(CC(=O)C4CCC(C(C)N)CC4)ccnc3[nH]2)c1. The average Bonchev–Trinajstić information content (AvgIpc) is 3.13. The number of hydrogen-bond donors (Lipinski definition) is 2. The molecule has 1 aliphatic carbocycles. The number of aryl methyl sites for hydroxylation is 1. The zero-order valence-corrected chi connectivity index (χ0v) is 16.7. The summed E-state index contributed by atoms with van der Waals surface area (Å²) in [5, 5.41) is 1.05. The molecule has 0 amide bonds. The van der Waals surface area contributed by atoms with Crippen molar-refractivity contribution >= 4 is 16.8 Å². The summed E-state index contributed by atoms with van der Waals surface area (Å²) in [6.45, 7) is 4.17. The third kappa shape index (κ3) is 3.88. The number of carbonyl (C=O) groups is 1. The maximum Gasteiger partial charge on any atom is 0.140 e. The van der Waals surface area contributed by atoms with Gasteiger partial charge in [0.05, 0.1) is 0 Å². The molecule has 2 heterocycles. The molecule has 28 heavy (non-hydrogen) atoms. The van der Waals surface area contributed by atoms with Crippen LogP contribution in [0.15, 0.2) is 42.6 Å². The van der Waals surface area contributed by atoms with Gasteiger partial charge in [-0.15, -0.1) is 0 Å². The molecule has 0 aliphatic heterocycles. The van der Waals surface area contributed by atoms with Gasteiger partial charge in [-0.1, -0.05) is 23.8 Å². The van der Waals surface area contributed by atoms with E-state index in [4.69, 9.17) is 5.73 Å². The summed E-state index contributed by atoms with van der Waals surface area (Å²) >= 11 is 0. The first kappa shape index (κ1) is 18.9. The monoisotopic (exact) mass is 375 g/mol. The number of hydrogen-bond acceptors (Lipinski definition) is 3. The first-order valence-electron chi connectivity index (χ1n) is 10.3. The van der Waals surface area contributed by atoms with Crippen molar-refractivity contribution in [2.75, 3.05) is 0 Å². The minimum atomic E-state index is 0.174. The second-order valence-corrected chi connectivity index (χ2v) is 8.40. The lowest BCUT2D eigenvalue weighted by atomic mass is 9.76. The Morgan fingerprint density at radius 1 is 1.21 bits per heavy atom. The number of benzene rings is 1. The third-order valence-corrected chi connectivity index (χ3v) is 6.29. The molecule has 0 saturated heterocycles. The molecule has 3 N–H and O–H groups in total. The van der Waals surface area contributed by atoms with Crippen molar-refractivity contribution < 1.29 is 4.79 Å². The quantitative estimate of drug-likeness (QED) is 0.672. The molecule has 1 fully saturated rings. The summed E-state index contributed by atoms with van der Waals surface area (Å²) in [5.41, 5.74) is 11.4. The summed E-state index contributed by atoms with van der Waals surface area (Å²) < 4.78 is 0. The van der Waals surface area contributed by atoms with E-state index in [1.807, 2.05) is 6.07 Å². The zero-order valence-electron chi connectivity index (χ0n) is 16.7. The second-order valence-electron chi connectivity index (χ2n) is 8.40. The molecule has 1 aliphatic rings. The molecule has 4 nitrogen and oxygen atoms in total. The fraction of sp³-hybridized carbons (Fsp3) is 0.417. The van der Waals surface area contributed by atoms with Crippen molar-refractivity contribution in [2.24, 2.45) is 17.6 Å². The van der Waals surface area contributed by atoms with Crippen LogP contribution in [0.25, 0.3) is 22.3 Å². The van der Waals surface area contributed by atoms with Gasteiger partial charge in [0.15, 0.2) is 0 Å². The van der Waals surface area contributed by atoms with Gasteiger partial charge in [-0.3, -0.25) is 4.79 Å². The molecule has 0 radical (unpaired) electrons. The molecule has 4 heteroatoms. The van der Waals surface area contributed by atoms with Gasteiger partial charge in [0, 0.05) is 35.7 Å². The Morgan fingerprint density at radius 2 is 2.00 bits per heavy atom. The Balaban J connectivity index is 1.54. The summed E-state index contributed by atoms with van der Waals surface area (Å²) in [6, 6.07) is 12.8. The first-order valence-corrected chi connectivity index (χ1v) is 10.3. The van der Waals surface area contributed by atoms with Crippen LogP contribution < -0.4 is 5.73 Å². The maximum atomic E-state index is 12.9. The summed E-state index contributed by atoms with van der Waals surface area (Å²) in [4.78, 5) is 20.8. The van der Waals surface area contributed by atoms with Crippen molar-refractivity contribution in [3.63, 3.8) is 0 Å². The summed E-state index contributed by atoms with van der Waals surface area (Å²) in [7, 11) is 0. The van der Waals surface area contributed by atoms with E-state index in [2.05, 4.69) is 54.1 Å². The average molecular weight is 376 g/mol. The molecule has 1 aromatic carbocycles. The largest absolute Gasteiger partial charge is 0.339 e. The first-order chi connectivity index (χ1) is 13.5. The lowest BCUT2D eigenvalue weighted by Crippen LogP contribution is -2.32. The molecule has 2 aromatic heterocycles. The summed E-state index contributed by atoms with van der Waals surface area (Å²) in [6.07, 6.45) is 6.37. The number of nitrogens with zero attached hydrogens (tertiary/aromatic N) is 1. The highest BCUT2D eigenvalue weighted by Crippen LogP contribution is 2.32. The van der Waals surface area contributed by atoms with Crippen LogP contribution in [0, 0.1) is 18.8 Å². The maximum absolute atomic E-state index is 12.9. The number of nitrogens with one attached hydrogen (secondary N) is 1. The number of rotatable bonds is 5. The van der Waals surface area contributed by atoms with E-state index in [1.54, 1.807) is 6.20 Å². The molecular weight excluding hydrogens is 346 g/mol. The van der Waals surface area contributed by atoms with E-state index in [0.717, 1.165) is 53.5 Å². The lowest BCUT2D eigenvalue weighted by molar-refractivity contribution is -0.123. The van der Waals surface area contributed by atoms with Crippen LogP contribution in [-0.4, -0.2) is 21.8 Å². The van der Waals surface area contributed by atoms with Crippen LogP contribution in [0.2, 0.25) is 0 Å². The van der Waals surface area contributed by atoms with E-state index >= 15 is 0 Å². The number of ketones is 1. The molecule has 3 aromatic rings. The highest BCUT2D eigenvalue weighted by molar-refractivity contribution is 5.91. The Hall–Kier alpha value is -2.46. The number of carbonyl (C=O) groups excluding carboxylic acids is 1. The van der Waals surface area contributed by atoms with Crippen LogP contribution in [0.4, 0.5) is 0 Å². The number of Topliss-reactive ketones (excluding diaryl/α,β-unsaturated/α-hetero) is 1. The van der Waals surface area contributed by atoms with Gasteiger partial charge in [-0.25, -0.2) is 4.98 Å². The van der Waals surface area contributed by atoms with E-state index < -0.39 is 0 Å². The molecule has 1 unspecified atom stereocenters. The highest BCUT2D eigenvalue weighted by atomic mass is 16.1. The van der Waals surface area contributed by atoms with Gasteiger partial charge in [0.25, 0.3) is 0 Å². The van der Waals surface area contributed by atoms with Gasteiger partial charge in [-0.2, -0.15) is 0 Å². The van der Waals surface area contributed by atoms with Crippen LogP contribution in [0.3, 0.4) is 0 Å². The van der Waals surface area contributed by atoms with Crippen LogP contribution in [-0.2, 0) is 11.2 Å². The van der Waals surface area contributed by atoms with Gasteiger partial charge in [-0.05, 0) is 74.8 Å². The fourth-order valence-corrected chi connectivity index (χ4v) is 4.50. The predicted molar refractivity (Wildman–Crippen MR) is 114 cm³/mol. The van der Waals surface area contributed by atoms with Gasteiger partial charge >= 0.3 is 0 Å². The minimum absolute atomic E-state index is 0.174. The molecule has 1 saturated carbocycles. The van der Waals surface area contributed by atoms with Crippen molar-refractivity contribution in [3.05, 3.63) is 53.7 Å². The number of aromatic amines is 1. The van der Waals surface area contributed by atoms with E-state index in [0.29, 0.717) is 18.1 Å². The van der Waals surface area contributed by atoms with Crippen LogP contribution in [0.5, 0.6) is 0 Å². The van der Waals surface area contributed by atoms with Gasteiger partial charge in [0.1, 0.15) is 11.4 Å². The zero-order chi connectivity index (χ0) is 19.7. The van der Waals surface area contributed by atoms with E-state index in [9.17, 15) is 4.79 Å². The van der Waals surface area contributed by atoms with Gasteiger partial charge in [0.2, 0.25) is 0 Å². The predicted octanol–water partition coefficient (Wildman–Crippen LogP) is 4.80. The molecule has 0 spiro atoms. The number of fused-ring (bicyclic) bond motifs is 1. The number of H-pyrrole nitrogens is 1. The van der Waals surface area contributed by atoms with Crippen molar-refractivity contribution in [2.45, 2.75) is 52.0 Å². The number of aromatic nitrogens is 2. The molecule has 146 valence electrons. The molecule has 1 atom stereocenters. The van der Waals surface area contributed by atoms with Crippen molar-refractivity contribution in [1.29, 1.82) is 0 Å². The Morgan fingerprint density at radius 3 is 2.71 bits per heavy atom. The van der Waals surface area contributed by atoms with E-state index in [-0.39, 0.29) is 12.0 Å². The van der Waals surface area contributed by atoms with Crippen LogP contribution in [0.1, 0.15) is 43.7 Å². The highest BCUT2D eigenvalue weighted by Gasteiger charge is 2.28. The summed E-state index contributed by atoms with van der Waals surface area (Å²) in [5.74, 6) is 1.10. The lowest BCUT2D eigenvalue weighted by Gasteiger charge is -2.30. The van der Waals surface area contributed by atoms with E-state index in [1.165, 1.54) is 5.56 Å². The fourth-order valence-electron chi connectivity index (χ4n) is 4.50. The standard InChI is InChI=1S/C24H29N3O/c1-15-4-3-5-20(12-15)22-14-21-19(10-11-26-24(21)27-22)13-23(28)18-8-6-17(7-9-18)16(2)25/h3-5,10-12,14,16-18H,6-9,13,25H2,1-2H3,(H,26,27). The van der Waals surface area contributed by atoms with Crippen LogP contribution >= 0.6 is 0 Å². The van der Waals surface area contributed by atoms with Crippen molar-refractivity contribution in [3.8, 4) is 11.3 Å². The van der Waals surface area contributed by atoms with Crippen molar-refractivity contribution in [1.82, 2.24) is 9.97 Å². The topological polar surface area (TPSA) is 71.8 Å². The number of nitrogens with two attached hydrogens (primary N) is 1. The third-order valence-electron chi connectivity index (χ3n) is 6.29. The Kier molecular flexibility index (Phi) is 5.31.